The standard InChI is InChI=1S/C30H38N12O2/c1-39-19-34-30(38-39)22-5-4-6-23(28(22)44-3)35-24-17-26(36-37-27(24)29(31)43)40(2)25-8-7-21(18-33-25)42-15-13-41(14-16-42)20-9-11-32-12-10-20/h4-8,17-20,32H,9-16H2,1-3H3,(H2,31,43)(H,35,36). The quantitative estimate of drug-likeness (QED) is 0.259. The van der Waals surface area contributed by atoms with Crippen molar-refractivity contribution in [2.45, 2.75) is 18.9 Å². The molecule has 0 atom stereocenters. The molecule has 4 aromatic rings. The largest absolute Gasteiger partial charge is 0.494 e. The number of aromatic nitrogens is 6. The van der Waals surface area contributed by atoms with Gasteiger partial charge in [-0.15, -0.1) is 10.2 Å². The van der Waals surface area contributed by atoms with Gasteiger partial charge < -0.3 is 30.9 Å². The van der Waals surface area contributed by atoms with Crippen LogP contribution in [0, 0.1) is 0 Å². The second kappa shape index (κ2) is 12.8. The molecule has 2 aliphatic heterocycles. The van der Waals surface area contributed by atoms with Crippen molar-refractivity contribution in [2.24, 2.45) is 12.8 Å². The SMILES string of the molecule is COc1c(Nc2cc(N(C)c3ccc(N4CCN(C5CCNCC5)CC4)cn3)nnc2C(N)=O)cccc1-c1ncn(C)n1. The number of aryl methyl sites for hydroxylation is 1. The Hall–Kier alpha value is -4.82. The molecule has 2 aliphatic rings. The van der Waals surface area contributed by atoms with Gasteiger partial charge in [-0.3, -0.25) is 14.4 Å². The third-order valence-corrected chi connectivity index (χ3v) is 8.27. The number of pyridine rings is 1. The summed E-state index contributed by atoms with van der Waals surface area (Å²) in [5.74, 6) is 1.48. The number of carbonyl (C=O) groups excluding carboxylic acids is 1. The van der Waals surface area contributed by atoms with E-state index >= 15 is 0 Å². The molecule has 0 aliphatic carbocycles. The number of ether oxygens (including phenoxy) is 1. The van der Waals surface area contributed by atoms with Crippen LogP contribution in [0.25, 0.3) is 11.4 Å². The number of methoxy groups -OCH3 is 1. The highest BCUT2D eigenvalue weighted by molar-refractivity contribution is 5.98. The van der Waals surface area contributed by atoms with Crippen molar-refractivity contribution in [3.8, 4) is 17.1 Å². The normalized spacial score (nSPS) is 16.1. The van der Waals surface area contributed by atoms with Crippen molar-refractivity contribution in [3.05, 3.63) is 54.6 Å². The second-order valence-corrected chi connectivity index (χ2v) is 11.0. The average molecular weight is 599 g/mol. The van der Waals surface area contributed by atoms with E-state index in [1.165, 1.54) is 12.8 Å². The van der Waals surface area contributed by atoms with Gasteiger partial charge in [0.25, 0.3) is 5.91 Å². The van der Waals surface area contributed by atoms with E-state index in [1.54, 1.807) is 31.2 Å². The number of nitrogens with zero attached hydrogens (tertiary/aromatic N) is 9. The fourth-order valence-electron chi connectivity index (χ4n) is 5.86. The number of hydrogen-bond donors (Lipinski definition) is 3. The molecule has 3 aromatic heterocycles. The molecule has 1 aromatic carbocycles. The van der Waals surface area contributed by atoms with E-state index in [2.05, 4.69) is 46.8 Å². The minimum Gasteiger partial charge on any atom is -0.494 e. The molecule has 5 heterocycles. The number of para-hydroxylation sites is 1. The van der Waals surface area contributed by atoms with E-state index in [1.807, 2.05) is 42.4 Å². The molecule has 2 fully saturated rings. The smallest absolute Gasteiger partial charge is 0.271 e. The topological polar surface area (TPSA) is 155 Å². The molecule has 2 saturated heterocycles. The number of carbonyl (C=O) groups is 1. The number of primary amides is 1. The first kappa shape index (κ1) is 29.3. The summed E-state index contributed by atoms with van der Waals surface area (Å²) in [6.45, 7) is 6.32. The van der Waals surface area contributed by atoms with Crippen molar-refractivity contribution in [3.63, 3.8) is 0 Å². The Morgan fingerprint density at radius 2 is 1.84 bits per heavy atom. The number of piperidine rings is 1. The molecule has 14 nitrogen and oxygen atoms in total. The lowest BCUT2D eigenvalue weighted by atomic mass is 10.0. The van der Waals surface area contributed by atoms with Gasteiger partial charge in [0.1, 0.15) is 12.1 Å². The highest BCUT2D eigenvalue weighted by atomic mass is 16.5. The predicted octanol–water partition coefficient (Wildman–Crippen LogP) is 2.16. The van der Waals surface area contributed by atoms with Gasteiger partial charge in [0, 0.05) is 52.4 Å². The highest BCUT2D eigenvalue weighted by Crippen LogP contribution is 2.37. The molecular formula is C30H38N12O2. The summed E-state index contributed by atoms with van der Waals surface area (Å²) >= 11 is 0. The number of amides is 1. The van der Waals surface area contributed by atoms with Crippen LogP contribution in [0.1, 0.15) is 23.3 Å². The van der Waals surface area contributed by atoms with Crippen molar-refractivity contribution in [1.29, 1.82) is 0 Å². The van der Waals surface area contributed by atoms with E-state index in [4.69, 9.17) is 15.5 Å². The molecular weight excluding hydrogens is 560 g/mol. The number of anilines is 5. The molecule has 0 saturated carbocycles. The fraction of sp³-hybridized carbons (Fsp3) is 0.400. The van der Waals surface area contributed by atoms with E-state index in [9.17, 15) is 4.79 Å². The Kier molecular flexibility index (Phi) is 8.52. The lowest BCUT2D eigenvalue weighted by Crippen LogP contribution is -2.52. The van der Waals surface area contributed by atoms with Crippen LogP contribution >= 0.6 is 0 Å². The van der Waals surface area contributed by atoms with Gasteiger partial charge in [0.15, 0.2) is 23.1 Å². The molecule has 4 N–H and O–H groups in total. The summed E-state index contributed by atoms with van der Waals surface area (Å²) in [6, 6.07) is 12.0. The number of hydrogen-bond acceptors (Lipinski definition) is 12. The number of piperazine rings is 1. The number of nitrogens with two attached hydrogens (primary N) is 1. The molecule has 6 rings (SSSR count). The van der Waals surface area contributed by atoms with Crippen LogP contribution < -0.4 is 30.9 Å². The maximum absolute atomic E-state index is 12.3. The summed E-state index contributed by atoms with van der Waals surface area (Å²) < 4.78 is 7.34. The summed E-state index contributed by atoms with van der Waals surface area (Å²) in [7, 11) is 5.21. The number of rotatable bonds is 9. The Labute approximate surface area is 256 Å². The molecule has 1 amide bonds. The van der Waals surface area contributed by atoms with Crippen LogP contribution in [0.15, 0.2) is 48.9 Å². The fourth-order valence-corrected chi connectivity index (χ4v) is 5.86. The van der Waals surface area contributed by atoms with E-state index in [0.29, 0.717) is 46.2 Å². The zero-order valence-corrected chi connectivity index (χ0v) is 25.3. The molecule has 44 heavy (non-hydrogen) atoms. The first-order chi connectivity index (χ1) is 21.4. The predicted molar refractivity (Wildman–Crippen MR) is 169 cm³/mol. The van der Waals surface area contributed by atoms with Crippen molar-refractivity contribution < 1.29 is 9.53 Å². The minimum atomic E-state index is -0.710. The van der Waals surface area contributed by atoms with Gasteiger partial charge in [-0.05, 0) is 50.2 Å². The number of nitrogens with one attached hydrogen (secondary N) is 2. The zero-order chi connectivity index (χ0) is 30.6. The van der Waals surface area contributed by atoms with Gasteiger partial charge in [-0.2, -0.15) is 5.10 Å². The molecule has 14 heteroatoms. The Morgan fingerprint density at radius 3 is 2.50 bits per heavy atom. The van der Waals surface area contributed by atoms with Gasteiger partial charge in [-0.25, -0.2) is 9.97 Å². The van der Waals surface area contributed by atoms with Crippen LogP contribution in [0.2, 0.25) is 0 Å². The van der Waals surface area contributed by atoms with Crippen molar-refractivity contribution >= 4 is 34.6 Å². The van der Waals surface area contributed by atoms with Gasteiger partial charge >= 0.3 is 0 Å². The lowest BCUT2D eigenvalue weighted by Gasteiger charge is -2.41. The Balaban J connectivity index is 1.19. The lowest BCUT2D eigenvalue weighted by molar-refractivity contribution is 0.0995. The van der Waals surface area contributed by atoms with Gasteiger partial charge in [0.05, 0.1) is 35.9 Å². The third-order valence-electron chi connectivity index (χ3n) is 8.27. The second-order valence-electron chi connectivity index (χ2n) is 11.0. The summed E-state index contributed by atoms with van der Waals surface area (Å²) in [5.41, 5.74) is 8.41. The highest BCUT2D eigenvalue weighted by Gasteiger charge is 2.25. The van der Waals surface area contributed by atoms with Crippen LogP contribution in [0.5, 0.6) is 5.75 Å². The van der Waals surface area contributed by atoms with Gasteiger partial charge in [0.2, 0.25) is 0 Å². The summed E-state index contributed by atoms with van der Waals surface area (Å²) in [4.78, 5) is 28.2. The van der Waals surface area contributed by atoms with E-state index in [-0.39, 0.29) is 5.69 Å². The van der Waals surface area contributed by atoms with Crippen molar-refractivity contribution in [1.82, 2.24) is 40.2 Å². The summed E-state index contributed by atoms with van der Waals surface area (Å²) in [6.07, 6.45) is 5.97. The molecule has 0 radical (unpaired) electrons. The molecule has 0 bridgehead atoms. The van der Waals surface area contributed by atoms with Gasteiger partial charge in [-0.1, -0.05) is 6.07 Å². The molecule has 230 valence electrons. The van der Waals surface area contributed by atoms with Crippen molar-refractivity contribution in [2.75, 3.05) is 68.5 Å². The summed E-state index contributed by atoms with van der Waals surface area (Å²) in [5, 5.41) is 19.5. The minimum absolute atomic E-state index is 0.00231. The number of benzene rings is 1. The van der Waals surface area contributed by atoms with Crippen LogP contribution in [-0.2, 0) is 7.05 Å². The third kappa shape index (κ3) is 6.12. The zero-order valence-electron chi connectivity index (χ0n) is 25.3. The Bertz CT molecular complexity index is 1590. The average Bonchev–Trinajstić information content (AvgIpc) is 3.50. The first-order valence-electron chi connectivity index (χ1n) is 14.8. The van der Waals surface area contributed by atoms with Crippen LogP contribution in [0.4, 0.5) is 28.7 Å². The van der Waals surface area contributed by atoms with E-state index < -0.39 is 5.91 Å². The Morgan fingerprint density at radius 1 is 1.05 bits per heavy atom. The van der Waals surface area contributed by atoms with Crippen LogP contribution in [0.3, 0.4) is 0 Å². The maximum atomic E-state index is 12.3. The monoisotopic (exact) mass is 598 g/mol. The van der Waals surface area contributed by atoms with E-state index in [0.717, 1.165) is 45.0 Å². The molecule has 0 unspecified atom stereocenters. The first-order valence-corrected chi connectivity index (χ1v) is 14.8. The molecule has 0 spiro atoms. The van der Waals surface area contributed by atoms with Crippen LogP contribution in [-0.4, -0.2) is 100 Å². The maximum Gasteiger partial charge on any atom is 0.271 e.